The lowest BCUT2D eigenvalue weighted by molar-refractivity contribution is 0.565. The highest BCUT2D eigenvalue weighted by molar-refractivity contribution is 6.31. The van der Waals surface area contributed by atoms with Crippen molar-refractivity contribution < 1.29 is 4.39 Å². The highest BCUT2D eigenvalue weighted by atomic mass is 35.5. The van der Waals surface area contributed by atoms with E-state index >= 15 is 0 Å². The number of halogens is 2. The Morgan fingerprint density at radius 2 is 2.17 bits per heavy atom. The van der Waals surface area contributed by atoms with Crippen LogP contribution in [0.4, 0.5) is 4.39 Å². The molecule has 0 aliphatic heterocycles. The zero-order valence-corrected chi connectivity index (χ0v) is 10.7. The monoisotopic (exact) mass is 265 g/mol. The molecule has 0 aliphatic carbocycles. The molecule has 1 atom stereocenters. The smallest absolute Gasteiger partial charge is 0.141 e. The van der Waals surface area contributed by atoms with Crippen LogP contribution >= 0.6 is 11.6 Å². The molecule has 2 aromatic heterocycles. The van der Waals surface area contributed by atoms with Gasteiger partial charge in [-0.15, -0.1) is 0 Å². The molecular formula is C13H13ClFN3. The fraction of sp³-hybridized carbons (Fsp3) is 0.231. The van der Waals surface area contributed by atoms with E-state index in [0.29, 0.717) is 11.4 Å². The normalized spacial score (nSPS) is 12.4. The second kappa shape index (κ2) is 5.89. The van der Waals surface area contributed by atoms with Crippen LogP contribution in [0.15, 0.2) is 36.8 Å². The van der Waals surface area contributed by atoms with Crippen LogP contribution in [0.3, 0.4) is 0 Å². The van der Waals surface area contributed by atoms with Crippen LogP contribution in [0, 0.1) is 5.82 Å². The zero-order chi connectivity index (χ0) is 13.0. The summed E-state index contributed by atoms with van der Waals surface area (Å²) in [5.74, 6) is -0.337. The molecule has 1 N–H and O–H groups in total. The van der Waals surface area contributed by atoms with Crippen LogP contribution in [-0.4, -0.2) is 17.0 Å². The number of rotatable bonds is 4. The maximum absolute atomic E-state index is 12.8. The van der Waals surface area contributed by atoms with Gasteiger partial charge < -0.3 is 5.32 Å². The molecule has 0 aliphatic rings. The summed E-state index contributed by atoms with van der Waals surface area (Å²) in [4.78, 5) is 8.02. The van der Waals surface area contributed by atoms with E-state index < -0.39 is 0 Å². The van der Waals surface area contributed by atoms with Crippen molar-refractivity contribution in [1.29, 1.82) is 0 Å². The Morgan fingerprint density at radius 1 is 1.33 bits per heavy atom. The van der Waals surface area contributed by atoms with Gasteiger partial charge in [0.1, 0.15) is 5.82 Å². The van der Waals surface area contributed by atoms with E-state index in [-0.39, 0.29) is 11.9 Å². The maximum atomic E-state index is 12.8. The first-order valence-electron chi connectivity index (χ1n) is 5.58. The van der Waals surface area contributed by atoms with Gasteiger partial charge in [-0.25, -0.2) is 4.39 Å². The van der Waals surface area contributed by atoms with Crippen LogP contribution in [0.2, 0.25) is 5.02 Å². The number of nitrogens with one attached hydrogen (secondary N) is 1. The van der Waals surface area contributed by atoms with Gasteiger partial charge in [0.25, 0.3) is 0 Å². The highest BCUT2D eigenvalue weighted by Gasteiger charge is 2.13. The summed E-state index contributed by atoms with van der Waals surface area (Å²) < 4.78 is 12.8. The Kier molecular flexibility index (Phi) is 4.23. The van der Waals surface area contributed by atoms with Gasteiger partial charge in [-0.05, 0) is 37.2 Å². The van der Waals surface area contributed by atoms with E-state index in [1.54, 1.807) is 18.5 Å². The Bertz CT molecular complexity index is 516. The molecular weight excluding hydrogens is 253 g/mol. The van der Waals surface area contributed by atoms with Crippen molar-refractivity contribution >= 4 is 11.6 Å². The third-order valence-corrected chi connectivity index (χ3v) is 3.08. The van der Waals surface area contributed by atoms with Crippen molar-refractivity contribution in [3.63, 3.8) is 0 Å². The molecule has 0 saturated heterocycles. The summed E-state index contributed by atoms with van der Waals surface area (Å²) in [5, 5.41) is 3.77. The lowest BCUT2D eigenvalue weighted by Gasteiger charge is -2.16. The van der Waals surface area contributed by atoms with E-state index in [1.165, 1.54) is 12.3 Å². The second-order valence-electron chi connectivity index (χ2n) is 3.91. The van der Waals surface area contributed by atoms with Gasteiger partial charge in [0.15, 0.2) is 0 Å². The summed E-state index contributed by atoms with van der Waals surface area (Å²) in [7, 11) is 1.84. The number of hydrogen-bond donors (Lipinski definition) is 1. The third kappa shape index (κ3) is 3.03. The van der Waals surface area contributed by atoms with E-state index in [4.69, 9.17) is 11.6 Å². The van der Waals surface area contributed by atoms with Crippen LogP contribution in [0.5, 0.6) is 0 Å². The summed E-state index contributed by atoms with van der Waals surface area (Å²) in [6.07, 6.45) is 5.21. The number of likely N-dealkylation sites (N-methyl/N-ethyl adjacent to an activating group) is 1. The van der Waals surface area contributed by atoms with E-state index in [2.05, 4.69) is 15.3 Å². The van der Waals surface area contributed by atoms with Gasteiger partial charge in [0, 0.05) is 12.4 Å². The highest BCUT2D eigenvalue weighted by Crippen LogP contribution is 2.21. The van der Waals surface area contributed by atoms with Gasteiger partial charge in [0.05, 0.1) is 23.0 Å². The summed E-state index contributed by atoms with van der Waals surface area (Å²) >= 11 is 6.07. The van der Waals surface area contributed by atoms with Crippen LogP contribution in [0.1, 0.15) is 17.3 Å². The quantitative estimate of drug-likeness (QED) is 0.924. The lowest BCUT2D eigenvalue weighted by atomic mass is 10.0. The molecule has 5 heteroatoms. The zero-order valence-electron chi connectivity index (χ0n) is 9.90. The molecule has 2 aromatic rings. The first kappa shape index (κ1) is 12.9. The molecule has 0 fully saturated rings. The predicted octanol–water partition coefficient (Wildman–Crippen LogP) is 2.77. The van der Waals surface area contributed by atoms with Gasteiger partial charge in [-0.3, -0.25) is 9.97 Å². The first-order valence-corrected chi connectivity index (χ1v) is 5.95. The first-order chi connectivity index (χ1) is 8.70. The second-order valence-corrected chi connectivity index (χ2v) is 4.32. The average molecular weight is 266 g/mol. The van der Waals surface area contributed by atoms with Crippen LogP contribution < -0.4 is 5.32 Å². The van der Waals surface area contributed by atoms with E-state index in [1.807, 2.05) is 13.1 Å². The number of pyridine rings is 2. The third-order valence-electron chi connectivity index (χ3n) is 2.74. The average Bonchev–Trinajstić information content (AvgIpc) is 2.39. The SMILES string of the molecule is CNC(Cc1ccncc1Cl)c1ccc(F)cn1. The topological polar surface area (TPSA) is 37.8 Å². The van der Waals surface area contributed by atoms with Crippen molar-refractivity contribution in [2.45, 2.75) is 12.5 Å². The number of aromatic nitrogens is 2. The summed E-state index contributed by atoms with van der Waals surface area (Å²) in [6.45, 7) is 0. The van der Waals surface area contributed by atoms with Crippen LogP contribution in [-0.2, 0) is 6.42 Å². The molecule has 0 aromatic carbocycles. The van der Waals surface area contributed by atoms with Gasteiger partial charge in [-0.2, -0.15) is 0 Å². The van der Waals surface area contributed by atoms with Gasteiger partial charge >= 0.3 is 0 Å². The Balaban J connectivity index is 2.20. The molecule has 0 bridgehead atoms. The largest absolute Gasteiger partial charge is 0.311 e. The summed E-state index contributed by atoms with van der Waals surface area (Å²) in [6, 6.07) is 4.94. The minimum Gasteiger partial charge on any atom is -0.311 e. The molecule has 2 rings (SSSR count). The van der Waals surface area contributed by atoms with E-state index in [9.17, 15) is 4.39 Å². The van der Waals surface area contributed by atoms with Crippen molar-refractivity contribution in [3.8, 4) is 0 Å². The van der Waals surface area contributed by atoms with Crippen molar-refractivity contribution in [2.24, 2.45) is 0 Å². The van der Waals surface area contributed by atoms with Crippen molar-refractivity contribution in [3.05, 3.63) is 58.9 Å². The molecule has 0 amide bonds. The molecule has 1 unspecified atom stereocenters. The minimum absolute atomic E-state index is 0.00880. The van der Waals surface area contributed by atoms with E-state index in [0.717, 1.165) is 11.3 Å². The van der Waals surface area contributed by atoms with Gasteiger partial charge in [-0.1, -0.05) is 11.6 Å². The lowest BCUT2D eigenvalue weighted by Crippen LogP contribution is -2.20. The number of nitrogens with zero attached hydrogens (tertiary/aromatic N) is 2. The Morgan fingerprint density at radius 3 is 2.78 bits per heavy atom. The fourth-order valence-corrected chi connectivity index (χ4v) is 1.93. The Hall–Kier alpha value is -1.52. The molecule has 0 radical (unpaired) electrons. The molecule has 2 heterocycles. The minimum atomic E-state index is -0.337. The van der Waals surface area contributed by atoms with Crippen molar-refractivity contribution in [2.75, 3.05) is 7.05 Å². The van der Waals surface area contributed by atoms with Crippen molar-refractivity contribution in [1.82, 2.24) is 15.3 Å². The van der Waals surface area contributed by atoms with Crippen LogP contribution in [0.25, 0.3) is 0 Å². The maximum Gasteiger partial charge on any atom is 0.141 e. The van der Waals surface area contributed by atoms with Gasteiger partial charge in [0.2, 0.25) is 0 Å². The Labute approximate surface area is 110 Å². The fourth-order valence-electron chi connectivity index (χ4n) is 1.74. The molecule has 0 spiro atoms. The molecule has 94 valence electrons. The molecule has 18 heavy (non-hydrogen) atoms. The molecule has 0 saturated carbocycles. The predicted molar refractivity (Wildman–Crippen MR) is 68.9 cm³/mol. The number of hydrogen-bond acceptors (Lipinski definition) is 3. The standard InChI is InChI=1S/C13H13ClFN3/c1-16-13(12-3-2-10(15)7-18-12)6-9-4-5-17-8-11(9)14/h2-5,7-8,13,16H,6H2,1H3. The summed E-state index contributed by atoms with van der Waals surface area (Å²) in [5.41, 5.74) is 1.77. The molecule has 3 nitrogen and oxygen atoms in total.